The maximum absolute atomic E-state index is 12.6. The van der Waals surface area contributed by atoms with Crippen LogP contribution in [-0.4, -0.2) is 33.5 Å². The molecule has 0 amide bonds. The van der Waals surface area contributed by atoms with Crippen molar-refractivity contribution >= 4 is 22.1 Å². The molecule has 0 aliphatic carbocycles. The Kier molecular flexibility index (Phi) is 7.81. The highest BCUT2D eigenvalue weighted by Gasteiger charge is 2.35. The summed E-state index contributed by atoms with van der Waals surface area (Å²) >= 11 is 0. The van der Waals surface area contributed by atoms with Crippen LogP contribution in [0.4, 0.5) is 0 Å². The van der Waals surface area contributed by atoms with Crippen LogP contribution in [0.15, 0.2) is 89.8 Å². The highest BCUT2D eigenvalue weighted by atomic mass is 32.2. The third kappa shape index (κ3) is 6.18. The minimum atomic E-state index is -4.10. The fourth-order valence-electron chi connectivity index (χ4n) is 3.10. The van der Waals surface area contributed by atoms with Crippen molar-refractivity contribution in [2.45, 2.75) is 23.5 Å². The number of methoxy groups -OCH3 is 1. The summed E-state index contributed by atoms with van der Waals surface area (Å²) in [5.41, 5.74) is 7.07. The molecule has 3 rings (SSSR count). The van der Waals surface area contributed by atoms with E-state index in [0.717, 1.165) is 12.7 Å². The van der Waals surface area contributed by atoms with E-state index in [0.29, 0.717) is 0 Å². The zero-order valence-corrected chi connectivity index (χ0v) is 18.6. The van der Waals surface area contributed by atoms with Crippen LogP contribution in [0.2, 0.25) is 0 Å². The Morgan fingerprint density at radius 3 is 2.15 bits per heavy atom. The number of carbonyl (C=O) groups excluding carboxylic acids is 2. The minimum Gasteiger partial charge on any atom is -0.468 e. The highest BCUT2D eigenvalue weighted by molar-refractivity contribution is 7.87. The fraction of sp³-hybridized carbons (Fsp3) is 0.167. The van der Waals surface area contributed by atoms with Gasteiger partial charge in [-0.05, 0) is 35.4 Å². The predicted molar refractivity (Wildman–Crippen MR) is 120 cm³/mol. The van der Waals surface area contributed by atoms with E-state index in [9.17, 15) is 18.0 Å². The predicted octanol–water partition coefficient (Wildman–Crippen LogP) is 2.78. The van der Waals surface area contributed by atoms with Gasteiger partial charge >= 0.3 is 22.1 Å². The smallest absolute Gasteiger partial charge is 0.339 e. The summed E-state index contributed by atoms with van der Waals surface area (Å²) in [6, 6.07) is 21.0. The van der Waals surface area contributed by atoms with Gasteiger partial charge in [0.25, 0.3) is 0 Å². The van der Waals surface area contributed by atoms with Crippen LogP contribution in [0.5, 0.6) is 5.75 Å². The lowest BCUT2D eigenvalue weighted by Gasteiger charge is -2.21. The first-order valence-electron chi connectivity index (χ1n) is 9.95. The van der Waals surface area contributed by atoms with E-state index in [1.165, 1.54) is 36.4 Å². The number of esters is 2. The van der Waals surface area contributed by atoms with Crippen LogP contribution in [0.25, 0.3) is 0 Å². The molecule has 0 aliphatic heterocycles. The van der Waals surface area contributed by atoms with Crippen molar-refractivity contribution in [2.75, 3.05) is 7.11 Å². The molecule has 0 spiro atoms. The number of nitrogens with two attached hydrogens (primary N) is 1. The molecule has 3 aromatic rings. The van der Waals surface area contributed by atoms with Crippen LogP contribution in [0.1, 0.15) is 17.0 Å². The maximum atomic E-state index is 12.6. The number of hydrogen-bond acceptors (Lipinski definition) is 8. The van der Waals surface area contributed by atoms with E-state index >= 15 is 0 Å². The molecule has 172 valence electrons. The summed E-state index contributed by atoms with van der Waals surface area (Å²) in [4.78, 5) is 25.0. The van der Waals surface area contributed by atoms with Crippen molar-refractivity contribution in [3.8, 4) is 5.75 Å². The molecular weight excluding hydrogens is 446 g/mol. The van der Waals surface area contributed by atoms with Gasteiger partial charge in [-0.25, -0.2) is 0 Å². The zero-order chi connectivity index (χ0) is 23.8. The second kappa shape index (κ2) is 10.8. The van der Waals surface area contributed by atoms with E-state index in [4.69, 9.17) is 19.4 Å². The molecule has 33 heavy (non-hydrogen) atoms. The molecule has 8 nitrogen and oxygen atoms in total. The molecule has 0 aliphatic rings. The molecule has 0 bridgehead atoms. The first kappa shape index (κ1) is 24.0. The van der Waals surface area contributed by atoms with Gasteiger partial charge in [0, 0.05) is 0 Å². The first-order chi connectivity index (χ1) is 15.8. The summed E-state index contributed by atoms with van der Waals surface area (Å²) < 4.78 is 40.3. The Hall–Kier alpha value is -3.69. The quantitative estimate of drug-likeness (QED) is 0.375. The standard InChI is InChI=1S/C24H23NO7S/c1-30-23(26)21(22(25)24(27)31-16-17-9-4-2-5-10-17)18-11-8-12-19(15-18)32-33(28,29)20-13-6-3-7-14-20/h2-15,21-22H,16,25H2,1H3. The Morgan fingerprint density at radius 2 is 1.52 bits per heavy atom. The first-order valence-corrected chi connectivity index (χ1v) is 11.4. The Balaban J connectivity index is 1.81. The zero-order valence-electron chi connectivity index (χ0n) is 17.8. The number of hydrogen-bond donors (Lipinski definition) is 1. The van der Waals surface area contributed by atoms with Crippen LogP contribution in [0.3, 0.4) is 0 Å². The Morgan fingerprint density at radius 1 is 0.879 bits per heavy atom. The second-order valence-corrected chi connectivity index (χ2v) is 8.59. The van der Waals surface area contributed by atoms with Gasteiger partial charge in [0.2, 0.25) is 0 Å². The van der Waals surface area contributed by atoms with Gasteiger partial charge in [-0.2, -0.15) is 8.42 Å². The van der Waals surface area contributed by atoms with Crippen LogP contribution < -0.4 is 9.92 Å². The van der Waals surface area contributed by atoms with E-state index in [1.54, 1.807) is 42.5 Å². The van der Waals surface area contributed by atoms with E-state index in [2.05, 4.69) is 0 Å². The van der Waals surface area contributed by atoms with Gasteiger partial charge in [-0.15, -0.1) is 0 Å². The average molecular weight is 470 g/mol. The topological polar surface area (TPSA) is 122 Å². The van der Waals surface area contributed by atoms with Gasteiger partial charge in [0.15, 0.2) is 0 Å². The van der Waals surface area contributed by atoms with Crippen molar-refractivity contribution in [1.29, 1.82) is 0 Å². The number of benzene rings is 3. The lowest BCUT2D eigenvalue weighted by Crippen LogP contribution is -2.42. The largest absolute Gasteiger partial charge is 0.468 e. The fourth-order valence-corrected chi connectivity index (χ4v) is 4.04. The van der Waals surface area contributed by atoms with Crippen LogP contribution >= 0.6 is 0 Å². The number of ether oxygens (including phenoxy) is 2. The Bertz CT molecular complexity index is 1200. The normalized spacial score (nSPS) is 12.9. The molecular formula is C24H23NO7S. The summed E-state index contributed by atoms with van der Waals surface area (Å²) in [6.45, 7) is -0.0142. The van der Waals surface area contributed by atoms with Crippen molar-refractivity contribution in [3.05, 3.63) is 96.1 Å². The van der Waals surface area contributed by atoms with Gasteiger partial charge in [-0.3, -0.25) is 9.59 Å². The molecule has 0 radical (unpaired) electrons. The van der Waals surface area contributed by atoms with Crippen molar-refractivity contribution < 1.29 is 31.7 Å². The molecule has 0 saturated carbocycles. The van der Waals surface area contributed by atoms with Crippen LogP contribution in [-0.2, 0) is 35.8 Å². The average Bonchev–Trinajstić information content (AvgIpc) is 2.83. The molecule has 0 aromatic heterocycles. The monoisotopic (exact) mass is 469 g/mol. The van der Waals surface area contributed by atoms with Gasteiger partial charge < -0.3 is 19.4 Å². The summed E-state index contributed by atoms with van der Waals surface area (Å²) in [7, 11) is -2.93. The lowest BCUT2D eigenvalue weighted by molar-refractivity contribution is -0.153. The molecule has 3 aromatic carbocycles. The van der Waals surface area contributed by atoms with Crippen molar-refractivity contribution in [3.63, 3.8) is 0 Å². The van der Waals surface area contributed by atoms with E-state index < -0.39 is 34.0 Å². The molecule has 0 heterocycles. The van der Waals surface area contributed by atoms with E-state index in [1.807, 2.05) is 6.07 Å². The minimum absolute atomic E-state index is 0.0142. The maximum Gasteiger partial charge on any atom is 0.339 e. The van der Waals surface area contributed by atoms with Gasteiger partial charge in [0.1, 0.15) is 29.2 Å². The van der Waals surface area contributed by atoms with Crippen molar-refractivity contribution in [1.82, 2.24) is 0 Å². The summed E-state index contributed by atoms with van der Waals surface area (Å²) in [5.74, 6) is -2.86. The van der Waals surface area contributed by atoms with Gasteiger partial charge in [-0.1, -0.05) is 60.7 Å². The Labute approximate surface area is 192 Å². The third-order valence-corrected chi connectivity index (χ3v) is 6.03. The summed E-state index contributed by atoms with van der Waals surface area (Å²) in [5, 5.41) is 0. The van der Waals surface area contributed by atoms with Gasteiger partial charge in [0.05, 0.1) is 7.11 Å². The molecule has 2 atom stereocenters. The van der Waals surface area contributed by atoms with E-state index in [-0.39, 0.29) is 22.8 Å². The molecule has 2 N–H and O–H groups in total. The molecule has 0 saturated heterocycles. The number of rotatable bonds is 9. The molecule has 0 fully saturated rings. The second-order valence-electron chi connectivity index (χ2n) is 7.04. The van der Waals surface area contributed by atoms with Crippen LogP contribution in [0, 0.1) is 0 Å². The lowest BCUT2D eigenvalue weighted by atomic mass is 9.91. The third-order valence-electron chi connectivity index (χ3n) is 4.77. The summed E-state index contributed by atoms with van der Waals surface area (Å²) in [6.07, 6.45) is 0. The molecule has 2 unspecified atom stereocenters. The SMILES string of the molecule is COC(=O)C(c1cccc(OS(=O)(=O)c2ccccc2)c1)C(N)C(=O)OCc1ccccc1. The number of carbonyl (C=O) groups is 2. The molecule has 9 heteroatoms. The highest BCUT2D eigenvalue weighted by Crippen LogP contribution is 2.27. The van der Waals surface area contributed by atoms with Crippen molar-refractivity contribution in [2.24, 2.45) is 5.73 Å².